The molecule has 28 heavy (non-hydrogen) atoms. The number of nitrogens with one attached hydrogen (secondary N) is 1. The number of carbonyl (C=O) groups is 1. The summed E-state index contributed by atoms with van der Waals surface area (Å²) in [7, 11) is -4.56. The molecule has 0 saturated carbocycles. The van der Waals surface area contributed by atoms with Crippen LogP contribution in [-0.2, 0) is 10.1 Å². The molecule has 3 rings (SSSR count). The largest absolute Gasteiger partial charge is 0.507 e. The van der Waals surface area contributed by atoms with Crippen molar-refractivity contribution >= 4 is 38.2 Å². The van der Waals surface area contributed by atoms with Crippen LogP contribution in [0.2, 0.25) is 0 Å². The van der Waals surface area contributed by atoms with Crippen molar-refractivity contribution in [3.05, 3.63) is 69.8 Å². The third kappa shape index (κ3) is 3.50. The van der Waals surface area contributed by atoms with Gasteiger partial charge >= 0.3 is 0 Å². The van der Waals surface area contributed by atoms with Crippen molar-refractivity contribution in [1.82, 2.24) is 0 Å². The highest BCUT2D eigenvalue weighted by atomic mass is 32.2. The summed E-state index contributed by atoms with van der Waals surface area (Å²) >= 11 is 0. The standard InChI is InChI=1S/C18H14N2O7S/c1-10-5-6-11(9-14(10)20(23)24)18(22)19-13-7-8-16(28(25,26)27)12-3-2-4-15(21)17(12)13/h2-9,21H,1H3,(H,19,22)(H,25,26,27). The van der Waals surface area contributed by atoms with Crippen molar-refractivity contribution in [1.29, 1.82) is 0 Å². The molecule has 144 valence electrons. The minimum Gasteiger partial charge on any atom is -0.507 e. The van der Waals surface area contributed by atoms with Gasteiger partial charge in [0.05, 0.1) is 10.6 Å². The van der Waals surface area contributed by atoms with Gasteiger partial charge in [0, 0.05) is 28.0 Å². The minimum atomic E-state index is -4.56. The summed E-state index contributed by atoms with van der Waals surface area (Å²) in [4.78, 5) is 22.6. The molecule has 0 bridgehead atoms. The van der Waals surface area contributed by atoms with Crippen molar-refractivity contribution in [3.63, 3.8) is 0 Å². The second-order valence-electron chi connectivity index (χ2n) is 6.00. The maximum atomic E-state index is 12.6. The van der Waals surface area contributed by atoms with Crippen LogP contribution in [0.4, 0.5) is 11.4 Å². The number of rotatable bonds is 4. The number of carbonyl (C=O) groups excluding carboxylic acids is 1. The lowest BCUT2D eigenvalue weighted by molar-refractivity contribution is -0.385. The number of anilines is 1. The van der Waals surface area contributed by atoms with E-state index >= 15 is 0 Å². The van der Waals surface area contributed by atoms with E-state index in [0.29, 0.717) is 5.56 Å². The summed E-state index contributed by atoms with van der Waals surface area (Å²) in [5.41, 5.74) is 0.262. The molecule has 0 heterocycles. The van der Waals surface area contributed by atoms with Gasteiger partial charge in [0.2, 0.25) is 0 Å². The Balaban J connectivity index is 2.10. The topological polar surface area (TPSA) is 147 Å². The Bertz CT molecular complexity index is 1240. The van der Waals surface area contributed by atoms with Crippen LogP contribution in [0.15, 0.2) is 53.4 Å². The van der Waals surface area contributed by atoms with Crippen molar-refractivity contribution in [3.8, 4) is 5.75 Å². The molecule has 3 aromatic carbocycles. The predicted molar refractivity (Wildman–Crippen MR) is 101 cm³/mol. The molecular formula is C18H14N2O7S. The van der Waals surface area contributed by atoms with Crippen LogP contribution in [0.1, 0.15) is 15.9 Å². The molecule has 0 aliphatic heterocycles. The fourth-order valence-electron chi connectivity index (χ4n) is 2.83. The quantitative estimate of drug-likeness (QED) is 0.345. The van der Waals surface area contributed by atoms with Crippen molar-refractivity contribution in [2.24, 2.45) is 0 Å². The van der Waals surface area contributed by atoms with E-state index in [0.717, 1.165) is 12.1 Å². The number of aromatic hydroxyl groups is 1. The monoisotopic (exact) mass is 402 g/mol. The molecule has 0 aliphatic carbocycles. The van der Waals surface area contributed by atoms with E-state index in [1.807, 2.05) is 0 Å². The highest BCUT2D eigenvalue weighted by Crippen LogP contribution is 2.36. The summed E-state index contributed by atoms with van der Waals surface area (Å²) in [5, 5.41) is 23.8. The number of benzene rings is 3. The SMILES string of the molecule is Cc1ccc(C(=O)Nc2ccc(S(=O)(=O)O)c3cccc(O)c23)cc1[N+](=O)[O-]. The van der Waals surface area contributed by atoms with Gasteiger partial charge in [0.1, 0.15) is 10.6 Å². The normalized spacial score (nSPS) is 11.4. The van der Waals surface area contributed by atoms with Crippen LogP contribution in [0.25, 0.3) is 10.8 Å². The average molecular weight is 402 g/mol. The maximum absolute atomic E-state index is 12.6. The van der Waals surface area contributed by atoms with Crippen LogP contribution >= 0.6 is 0 Å². The van der Waals surface area contributed by atoms with Crippen molar-refractivity contribution in [2.45, 2.75) is 11.8 Å². The number of phenols is 1. The molecule has 1 amide bonds. The van der Waals surface area contributed by atoms with Gasteiger partial charge in [-0.2, -0.15) is 8.42 Å². The molecule has 0 aliphatic rings. The number of hydrogen-bond donors (Lipinski definition) is 3. The zero-order chi connectivity index (χ0) is 20.6. The molecule has 0 aromatic heterocycles. The van der Waals surface area contributed by atoms with Crippen LogP contribution in [0, 0.1) is 17.0 Å². The van der Waals surface area contributed by atoms with E-state index in [2.05, 4.69) is 5.32 Å². The van der Waals surface area contributed by atoms with Gasteiger partial charge in [-0.15, -0.1) is 0 Å². The molecule has 9 nitrogen and oxygen atoms in total. The Hall–Kier alpha value is -3.50. The second kappa shape index (κ2) is 6.91. The molecule has 0 saturated heterocycles. The Labute approximate surface area is 159 Å². The Morgan fingerprint density at radius 2 is 1.86 bits per heavy atom. The predicted octanol–water partition coefficient (Wildman–Crippen LogP) is 3.26. The number of nitro groups is 1. The Kier molecular flexibility index (Phi) is 4.75. The maximum Gasteiger partial charge on any atom is 0.295 e. The van der Waals surface area contributed by atoms with E-state index in [4.69, 9.17) is 0 Å². The van der Waals surface area contributed by atoms with E-state index in [1.165, 1.54) is 36.4 Å². The van der Waals surface area contributed by atoms with Crippen molar-refractivity contribution < 1.29 is 27.8 Å². The van der Waals surface area contributed by atoms with Gasteiger partial charge in [0.15, 0.2) is 0 Å². The van der Waals surface area contributed by atoms with Crippen LogP contribution in [0.5, 0.6) is 5.75 Å². The summed E-state index contributed by atoms with van der Waals surface area (Å²) in [6.45, 7) is 1.54. The minimum absolute atomic E-state index is 0.00702. The zero-order valence-corrected chi connectivity index (χ0v) is 15.2. The van der Waals surface area contributed by atoms with Gasteiger partial charge in [-0.3, -0.25) is 19.5 Å². The number of nitrogens with zero attached hydrogens (tertiary/aromatic N) is 1. The lowest BCUT2D eigenvalue weighted by Gasteiger charge is -2.12. The van der Waals surface area contributed by atoms with Crippen molar-refractivity contribution in [2.75, 3.05) is 5.32 Å². The first-order valence-electron chi connectivity index (χ1n) is 7.88. The molecule has 0 unspecified atom stereocenters. The van der Waals surface area contributed by atoms with Crippen LogP contribution < -0.4 is 5.32 Å². The fourth-order valence-corrected chi connectivity index (χ4v) is 3.52. The summed E-state index contributed by atoms with van der Waals surface area (Å²) < 4.78 is 32.5. The highest BCUT2D eigenvalue weighted by Gasteiger charge is 2.20. The fraction of sp³-hybridized carbons (Fsp3) is 0.0556. The van der Waals surface area contributed by atoms with Gasteiger partial charge < -0.3 is 10.4 Å². The van der Waals surface area contributed by atoms with Gasteiger partial charge in [-0.05, 0) is 31.2 Å². The number of nitro benzene ring substituents is 1. The molecule has 0 atom stereocenters. The Morgan fingerprint density at radius 1 is 1.14 bits per heavy atom. The number of fused-ring (bicyclic) bond motifs is 1. The Morgan fingerprint density at radius 3 is 2.50 bits per heavy atom. The van der Waals surface area contributed by atoms with E-state index in [-0.39, 0.29) is 33.5 Å². The lowest BCUT2D eigenvalue weighted by Crippen LogP contribution is -2.13. The molecule has 0 spiro atoms. The first kappa shape index (κ1) is 19.3. The van der Waals surface area contributed by atoms with E-state index < -0.39 is 25.8 Å². The molecule has 0 radical (unpaired) electrons. The smallest absolute Gasteiger partial charge is 0.295 e. The number of phenolic OH excluding ortho intramolecular Hbond substituents is 1. The van der Waals surface area contributed by atoms with Gasteiger partial charge in [-0.1, -0.05) is 18.2 Å². The molecule has 0 fully saturated rings. The third-order valence-corrected chi connectivity index (χ3v) is 5.08. The number of amides is 1. The first-order valence-corrected chi connectivity index (χ1v) is 9.32. The summed E-state index contributed by atoms with van der Waals surface area (Å²) in [5.74, 6) is -1.000. The first-order chi connectivity index (χ1) is 13.1. The number of aryl methyl sites for hydroxylation is 1. The summed E-state index contributed by atoms with van der Waals surface area (Å²) in [6.07, 6.45) is 0. The third-order valence-electron chi connectivity index (χ3n) is 4.17. The zero-order valence-electron chi connectivity index (χ0n) is 14.4. The second-order valence-corrected chi connectivity index (χ2v) is 7.39. The van der Waals surface area contributed by atoms with Gasteiger partial charge in [0.25, 0.3) is 21.7 Å². The highest BCUT2D eigenvalue weighted by molar-refractivity contribution is 7.86. The van der Waals surface area contributed by atoms with Crippen LogP contribution in [-0.4, -0.2) is 28.9 Å². The molecular weight excluding hydrogens is 388 g/mol. The van der Waals surface area contributed by atoms with Crippen LogP contribution in [0.3, 0.4) is 0 Å². The van der Waals surface area contributed by atoms with E-state index in [9.17, 15) is 33.0 Å². The average Bonchev–Trinajstić information content (AvgIpc) is 2.61. The van der Waals surface area contributed by atoms with E-state index in [1.54, 1.807) is 6.92 Å². The van der Waals surface area contributed by atoms with Gasteiger partial charge in [-0.25, -0.2) is 0 Å². The molecule has 3 N–H and O–H groups in total. The lowest BCUT2D eigenvalue weighted by atomic mass is 10.1. The molecule has 3 aromatic rings. The number of hydrogen-bond acceptors (Lipinski definition) is 6. The summed E-state index contributed by atoms with van der Waals surface area (Å²) in [6, 6.07) is 10.3. The molecule has 10 heteroatoms.